The molecule has 2 heterocycles. The van der Waals surface area contributed by atoms with Crippen LogP contribution in [0.5, 0.6) is 17.2 Å². The number of H-pyrrole nitrogens is 1. The number of phenolic OH excluding ortho intramolecular Hbond substituents is 2. The van der Waals surface area contributed by atoms with Crippen LogP contribution < -0.4 is 4.74 Å². The molecule has 29 heavy (non-hydrogen) atoms. The summed E-state index contributed by atoms with van der Waals surface area (Å²) < 4.78 is 5.25. The fourth-order valence-electron chi connectivity index (χ4n) is 3.78. The zero-order valence-corrected chi connectivity index (χ0v) is 16.7. The van der Waals surface area contributed by atoms with Crippen molar-refractivity contribution in [3.05, 3.63) is 58.2 Å². The van der Waals surface area contributed by atoms with E-state index in [-0.39, 0.29) is 17.4 Å². The predicted octanol–water partition coefficient (Wildman–Crippen LogP) is 4.11. The molecule has 150 valence electrons. The van der Waals surface area contributed by atoms with E-state index >= 15 is 0 Å². The first-order valence-electron chi connectivity index (χ1n) is 9.21. The number of halogens is 1. The van der Waals surface area contributed by atoms with Crippen LogP contribution >= 0.6 is 11.6 Å². The van der Waals surface area contributed by atoms with Crippen molar-refractivity contribution in [2.75, 3.05) is 13.7 Å². The maximum absolute atomic E-state index is 13.1. The minimum Gasteiger partial charge on any atom is -0.507 e. The number of benzene rings is 2. The van der Waals surface area contributed by atoms with E-state index in [1.807, 2.05) is 6.92 Å². The second-order valence-corrected chi connectivity index (χ2v) is 7.29. The highest BCUT2D eigenvalue weighted by molar-refractivity contribution is 6.31. The Morgan fingerprint density at radius 2 is 1.97 bits per heavy atom. The summed E-state index contributed by atoms with van der Waals surface area (Å²) in [4.78, 5) is 14.8. The summed E-state index contributed by atoms with van der Waals surface area (Å²) in [5.41, 5.74) is 2.71. The number of amides is 1. The SMILES string of the molecule is CCCN1C(=O)c2[nH]nc(-c3cc(Cl)ccc3O)c2C1c1ccc(O)c(OC)c1. The maximum Gasteiger partial charge on any atom is 0.273 e. The molecule has 0 radical (unpaired) electrons. The molecule has 2 aromatic carbocycles. The van der Waals surface area contributed by atoms with Crippen molar-refractivity contribution in [1.82, 2.24) is 15.1 Å². The standard InChI is InChI=1S/C21H20ClN3O4/c1-3-8-25-20(11-4-6-15(27)16(9-11)29-2)17-18(23-24-19(17)21(25)28)13-10-12(22)5-7-14(13)26/h4-7,9-10,20,26-27H,3,8H2,1-2H3,(H,23,24). The second kappa shape index (κ2) is 7.33. The Morgan fingerprint density at radius 3 is 2.69 bits per heavy atom. The number of ether oxygens (including phenoxy) is 1. The van der Waals surface area contributed by atoms with Crippen molar-refractivity contribution in [1.29, 1.82) is 0 Å². The molecule has 1 aliphatic rings. The van der Waals surface area contributed by atoms with Crippen molar-refractivity contribution < 1.29 is 19.7 Å². The van der Waals surface area contributed by atoms with E-state index in [1.165, 1.54) is 19.2 Å². The van der Waals surface area contributed by atoms with Crippen LogP contribution in [0.15, 0.2) is 36.4 Å². The average molecular weight is 414 g/mol. The Bertz CT molecular complexity index is 1100. The number of carbonyl (C=O) groups is 1. The van der Waals surface area contributed by atoms with Gasteiger partial charge in [0.05, 0.1) is 13.2 Å². The van der Waals surface area contributed by atoms with Gasteiger partial charge in [-0.2, -0.15) is 5.10 Å². The van der Waals surface area contributed by atoms with Crippen LogP contribution in [0.2, 0.25) is 5.02 Å². The number of rotatable bonds is 5. The molecule has 0 fully saturated rings. The van der Waals surface area contributed by atoms with E-state index in [2.05, 4.69) is 10.2 Å². The lowest BCUT2D eigenvalue weighted by atomic mass is 9.95. The summed E-state index contributed by atoms with van der Waals surface area (Å²) >= 11 is 6.13. The number of aromatic hydroxyl groups is 2. The molecule has 7 nitrogen and oxygen atoms in total. The Morgan fingerprint density at radius 1 is 1.21 bits per heavy atom. The summed E-state index contributed by atoms with van der Waals surface area (Å²) in [5.74, 6) is 0.185. The van der Waals surface area contributed by atoms with Crippen molar-refractivity contribution in [3.63, 3.8) is 0 Å². The van der Waals surface area contributed by atoms with Gasteiger partial charge in [-0.1, -0.05) is 24.6 Å². The highest BCUT2D eigenvalue weighted by Crippen LogP contribution is 2.46. The van der Waals surface area contributed by atoms with Crippen LogP contribution in [-0.2, 0) is 0 Å². The molecule has 1 aromatic heterocycles. The minimum absolute atomic E-state index is 0.0164. The molecule has 3 N–H and O–H groups in total. The number of hydrogen-bond acceptors (Lipinski definition) is 5. The smallest absolute Gasteiger partial charge is 0.273 e. The number of aromatic nitrogens is 2. The molecule has 3 aromatic rings. The van der Waals surface area contributed by atoms with E-state index in [0.29, 0.717) is 39.8 Å². The quantitative estimate of drug-likeness (QED) is 0.584. The minimum atomic E-state index is -0.445. The molecule has 0 aliphatic carbocycles. The van der Waals surface area contributed by atoms with Crippen LogP contribution in [0.1, 0.15) is 41.0 Å². The lowest BCUT2D eigenvalue weighted by Gasteiger charge is -2.26. The Labute approximate surface area is 172 Å². The molecule has 8 heteroatoms. The first-order chi connectivity index (χ1) is 14.0. The van der Waals surface area contributed by atoms with Gasteiger partial charge in [0.1, 0.15) is 17.1 Å². The number of aromatic amines is 1. The molecule has 0 saturated heterocycles. The molecular formula is C21H20ClN3O4. The van der Waals surface area contributed by atoms with Gasteiger partial charge in [0.2, 0.25) is 0 Å². The Balaban J connectivity index is 1.93. The van der Waals surface area contributed by atoms with Gasteiger partial charge in [-0.25, -0.2) is 0 Å². The van der Waals surface area contributed by atoms with Gasteiger partial charge in [0.25, 0.3) is 5.91 Å². The molecule has 1 amide bonds. The van der Waals surface area contributed by atoms with Crippen LogP contribution in [0.4, 0.5) is 0 Å². The monoisotopic (exact) mass is 413 g/mol. The van der Waals surface area contributed by atoms with Gasteiger partial charge in [-0.3, -0.25) is 9.89 Å². The number of fused-ring (bicyclic) bond motifs is 1. The van der Waals surface area contributed by atoms with Crippen LogP contribution in [0.3, 0.4) is 0 Å². The lowest BCUT2D eigenvalue weighted by molar-refractivity contribution is 0.0744. The van der Waals surface area contributed by atoms with Crippen molar-refractivity contribution in [2.45, 2.75) is 19.4 Å². The third kappa shape index (κ3) is 3.07. The number of nitrogens with one attached hydrogen (secondary N) is 1. The fraction of sp³-hybridized carbons (Fsp3) is 0.238. The molecule has 0 bridgehead atoms. The molecular weight excluding hydrogens is 394 g/mol. The van der Waals surface area contributed by atoms with Gasteiger partial charge in [-0.15, -0.1) is 0 Å². The van der Waals surface area contributed by atoms with Crippen molar-refractivity contribution in [2.24, 2.45) is 0 Å². The summed E-state index contributed by atoms with van der Waals surface area (Å²) in [6, 6.07) is 9.26. The van der Waals surface area contributed by atoms with Crippen LogP contribution in [0, 0.1) is 0 Å². The van der Waals surface area contributed by atoms with Gasteiger partial charge >= 0.3 is 0 Å². The fourth-order valence-corrected chi connectivity index (χ4v) is 3.95. The van der Waals surface area contributed by atoms with Crippen molar-refractivity contribution >= 4 is 17.5 Å². The molecule has 1 aliphatic heterocycles. The first-order valence-corrected chi connectivity index (χ1v) is 9.59. The highest BCUT2D eigenvalue weighted by Gasteiger charge is 2.42. The average Bonchev–Trinajstić information content (AvgIpc) is 3.24. The zero-order valence-electron chi connectivity index (χ0n) is 15.9. The number of carbonyl (C=O) groups excluding carboxylic acids is 1. The van der Waals surface area contributed by atoms with Gasteiger partial charge in [-0.05, 0) is 42.3 Å². The summed E-state index contributed by atoms with van der Waals surface area (Å²) in [6.07, 6.45) is 0.771. The largest absolute Gasteiger partial charge is 0.507 e. The third-order valence-electron chi connectivity index (χ3n) is 5.06. The highest BCUT2D eigenvalue weighted by atomic mass is 35.5. The third-order valence-corrected chi connectivity index (χ3v) is 5.30. The van der Waals surface area contributed by atoms with Gasteiger partial charge in [0, 0.05) is 22.7 Å². The van der Waals surface area contributed by atoms with Crippen LogP contribution in [0.25, 0.3) is 11.3 Å². The molecule has 0 spiro atoms. The molecule has 0 saturated carbocycles. The van der Waals surface area contributed by atoms with E-state index in [1.54, 1.807) is 29.2 Å². The van der Waals surface area contributed by atoms with E-state index in [0.717, 1.165) is 12.0 Å². The summed E-state index contributed by atoms with van der Waals surface area (Å²) in [5, 5.41) is 28.0. The Hall–Kier alpha value is -3.19. The normalized spacial score (nSPS) is 15.6. The zero-order chi connectivity index (χ0) is 20.7. The predicted molar refractivity (Wildman–Crippen MR) is 109 cm³/mol. The Kier molecular flexibility index (Phi) is 4.84. The van der Waals surface area contributed by atoms with E-state index in [4.69, 9.17) is 16.3 Å². The summed E-state index contributed by atoms with van der Waals surface area (Å²) in [7, 11) is 1.47. The molecule has 4 rings (SSSR count). The topological polar surface area (TPSA) is 98.7 Å². The number of phenols is 2. The second-order valence-electron chi connectivity index (χ2n) is 6.85. The van der Waals surface area contributed by atoms with Gasteiger partial charge < -0.3 is 19.8 Å². The van der Waals surface area contributed by atoms with Crippen LogP contribution in [-0.4, -0.2) is 44.9 Å². The molecule has 1 unspecified atom stereocenters. The first kappa shape index (κ1) is 19.1. The molecule has 1 atom stereocenters. The van der Waals surface area contributed by atoms with Gasteiger partial charge in [0.15, 0.2) is 11.5 Å². The van der Waals surface area contributed by atoms with Crippen molar-refractivity contribution in [3.8, 4) is 28.5 Å². The number of methoxy groups -OCH3 is 1. The maximum atomic E-state index is 13.1. The number of hydrogen-bond donors (Lipinski definition) is 3. The number of nitrogens with zero attached hydrogens (tertiary/aromatic N) is 2. The lowest BCUT2D eigenvalue weighted by Crippen LogP contribution is -2.30. The van der Waals surface area contributed by atoms with E-state index in [9.17, 15) is 15.0 Å². The van der Waals surface area contributed by atoms with E-state index < -0.39 is 6.04 Å². The summed E-state index contributed by atoms with van der Waals surface area (Å²) in [6.45, 7) is 2.53.